The van der Waals surface area contributed by atoms with E-state index >= 15 is 0 Å². The molecule has 24 heavy (non-hydrogen) atoms. The fourth-order valence-corrected chi connectivity index (χ4v) is 3.10. The first-order valence-corrected chi connectivity index (χ1v) is 8.50. The SMILES string of the molecule is O=C(CSc1ccccc1Br)NC(=O)c1ccc(OC(F)F)cc1. The van der Waals surface area contributed by atoms with Crippen LogP contribution in [0.3, 0.4) is 0 Å². The molecule has 2 aromatic rings. The molecule has 0 aliphatic rings. The summed E-state index contributed by atoms with van der Waals surface area (Å²) in [5.74, 6) is -1.04. The number of halogens is 3. The van der Waals surface area contributed by atoms with E-state index in [0.717, 1.165) is 9.37 Å². The molecule has 0 heterocycles. The van der Waals surface area contributed by atoms with Gasteiger partial charge in [0.15, 0.2) is 0 Å². The second-order valence-electron chi connectivity index (χ2n) is 4.50. The van der Waals surface area contributed by atoms with Crippen molar-refractivity contribution in [3.8, 4) is 5.75 Å². The van der Waals surface area contributed by atoms with Crippen molar-refractivity contribution in [3.63, 3.8) is 0 Å². The van der Waals surface area contributed by atoms with Crippen molar-refractivity contribution in [2.45, 2.75) is 11.5 Å². The Morgan fingerprint density at radius 3 is 2.42 bits per heavy atom. The summed E-state index contributed by atoms with van der Waals surface area (Å²) in [6, 6.07) is 12.5. The zero-order valence-corrected chi connectivity index (χ0v) is 14.6. The van der Waals surface area contributed by atoms with E-state index in [1.165, 1.54) is 36.0 Å². The van der Waals surface area contributed by atoms with Crippen LogP contribution in [0.5, 0.6) is 5.75 Å². The van der Waals surface area contributed by atoms with Crippen molar-refractivity contribution >= 4 is 39.5 Å². The van der Waals surface area contributed by atoms with Gasteiger partial charge in [0.1, 0.15) is 5.75 Å². The van der Waals surface area contributed by atoms with Crippen molar-refractivity contribution in [1.29, 1.82) is 0 Å². The zero-order valence-electron chi connectivity index (χ0n) is 12.2. The highest BCUT2D eigenvalue weighted by Gasteiger charge is 2.12. The first-order chi connectivity index (χ1) is 11.5. The molecule has 0 aromatic heterocycles. The molecular formula is C16H12BrF2NO3S. The molecule has 0 radical (unpaired) electrons. The Morgan fingerprint density at radius 1 is 1.12 bits per heavy atom. The van der Waals surface area contributed by atoms with Crippen LogP contribution in [0, 0.1) is 0 Å². The third-order valence-electron chi connectivity index (χ3n) is 2.79. The van der Waals surface area contributed by atoms with E-state index in [9.17, 15) is 18.4 Å². The van der Waals surface area contributed by atoms with Crippen LogP contribution in [0.1, 0.15) is 10.4 Å². The summed E-state index contributed by atoms with van der Waals surface area (Å²) in [6.07, 6.45) is 0. The van der Waals surface area contributed by atoms with Gasteiger partial charge in [0.2, 0.25) is 5.91 Å². The van der Waals surface area contributed by atoms with Gasteiger partial charge in [-0.25, -0.2) is 0 Å². The topological polar surface area (TPSA) is 55.4 Å². The summed E-state index contributed by atoms with van der Waals surface area (Å²) in [7, 11) is 0. The molecule has 8 heteroatoms. The summed E-state index contributed by atoms with van der Waals surface area (Å²) in [5, 5.41) is 2.24. The fraction of sp³-hybridized carbons (Fsp3) is 0.125. The highest BCUT2D eigenvalue weighted by molar-refractivity contribution is 9.10. The molecule has 4 nitrogen and oxygen atoms in total. The Kier molecular flexibility index (Phi) is 6.74. The van der Waals surface area contributed by atoms with E-state index < -0.39 is 18.4 Å². The van der Waals surface area contributed by atoms with Gasteiger partial charge < -0.3 is 4.74 Å². The Bertz CT molecular complexity index is 726. The lowest BCUT2D eigenvalue weighted by Crippen LogP contribution is -2.31. The van der Waals surface area contributed by atoms with Gasteiger partial charge in [0.05, 0.1) is 5.75 Å². The molecule has 1 N–H and O–H groups in total. The number of hydrogen-bond donors (Lipinski definition) is 1. The van der Waals surface area contributed by atoms with E-state index in [2.05, 4.69) is 26.0 Å². The van der Waals surface area contributed by atoms with Crippen LogP contribution in [0.2, 0.25) is 0 Å². The second-order valence-corrected chi connectivity index (χ2v) is 6.37. The summed E-state index contributed by atoms with van der Waals surface area (Å²) in [5.41, 5.74) is 0.177. The molecule has 0 saturated heterocycles. The monoisotopic (exact) mass is 415 g/mol. The molecule has 0 unspecified atom stereocenters. The summed E-state index contributed by atoms with van der Waals surface area (Å²) >= 11 is 4.66. The molecular weight excluding hydrogens is 404 g/mol. The predicted molar refractivity (Wildman–Crippen MR) is 90.4 cm³/mol. The van der Waals surface area contributed by atoms with Crippen LogP contribution in [-0.2, 0) is 4.79 Å². The Hall–Kier alpha value is -1.93. The first kappa shape index (κ1) is 18.4. The van der Waals surface area contributed by atoms with Gasteiger partial charge in [-0.05, 0) is 52.3 Å². The van der Waals surface area contributed by atoms with Crippen molar-refractivity contribution in [3.05, 3.63) is 58.6 Å². The molecule has 0 saturated carbocycles. The molecule has 126 valence electrons. The predicted octanol–water partition coefficient (Wildman–Crippen LogP) is 4.10. The quantitative estimate of drug-likeness (QED) is 0.721. The van der Waals surface area contributed by atoms with Gasteiger partial charge in [-0.3, -0.25) is 14.9 Å². The molecule has 0 atom stereocenters. The molecule has 0 aliphatic carbocycles. The number of thioether (sulfide) groups is 1. The summed E-state index contributed by atoms with van der Waals surface area (Å²) in [6.45, 7) is -2.93. The van der Waals surface area contributed by atoms with Crippen molar-refractivity contribution in [2.75, 3.05) is 5.75 Å². The molecule has 2 amide bonds. The van der Waals surface area contributed by atoms with E-state index in [1.54, 1.807) is 0 Å². The Labute approximate surface area is 149 Å². The Morgan fingerprint density at radius 2 is 1.79 bits per heavy atom. The minimum absolute atomic E-state index is 0.0580. The number of nitrogens with one attached hydrogen (secondary N) is 1. The number of imide groups is 1. The highest BCUT2D eigenvalue weighted by Crippen LogP contribution is 2.26. The van der Waals surface area contributed by atoms with E-state index in [4.69, 9.17) is 0 Å². The van der Waals surface area contributed by atoms with Crippen molar-refractivity contribution in [2.24, 2.45) is 0 Å². The van der Waals surface area contributed by atoms with E-state index in [0.29, 0.717) is 0 Å². The molecule has 0 bridgehead atoms. The second kappa shape index (κ2) is 8.79. The lowest BCUT2D eigenvalue weighted by Gasteiger charge is -2.07. The summed E-state index contributed by atoms with van der Waals surface area (Å²) < 4.78 is 29.2. The maximum absolute atomic E-state index is 12.1. The van der Waals surface area contributed by atoms with E-state index in [1.807, 2.05) is 24.3 Å². The first-order valence-electron chi connectivity index (χ1n) is 6.72. The van der Waals surface area contributed by atoms with Crippen LogP contribution < -0.4 is 10.1 Å². The highest BCUT2D eigenvalue weighted by atomic mass is 79.9. The molecule has 0 fully saturated rings. The maximum Gasteiger partial charge on any atom is 0.387 e. The van der Waals surface area contributed by atoms with Crippen LogP contribution in [0.25, 0.3) is 0 Å². The average Bonchev–Trinajstić information content (AvgIpc) is 2.54. The third-order valence-corrected chi connectivity index (χ3v) is 4.82. The van der Waals surface area contributed by atoms with Gasteiger partial charge in [0, 0.05) is 14.9 Å². The minimum atomic E-state index is -2.93. The third kappa shape index (κ3) is 5.61. The van der Waals surface area contributed by atoms with Crippen molar-refractivity contribution < 1.29 is 23.1 Å². The van der Waals surface area contributed by atoms with Crippen molar-refractivity contribution in [1.82, 2.24) is 5.32 Å². The van der Waals surface area contributed by atoms with Crippen LogP contribution >= 0.6 is 27.7 Å². The average molecular weight is 416 g/mol. The standard InChI is InChI=1S/C16H12BrF2NO3S/c17-12-3-1-2-4-13(12)24-9-14(21)20-15(22)10-5-7-11(8-6-10)23-16(18)19/h1-8,16H,9H2,(H,20,21,22). The number of hydrogen-bond acceptors (Lipinski definition) is 4. The fourth-order valence-electron chi connectivity index (χ4n) is 1.73. The normalized spacial score (nSPS) is 10.5. The van der Waals surface area contributed by atoms with Gasteiger partial charge in [0.25, 0.3) is 5.91 Å². The van der Waals surface area contributed by atoms with Gasteiger partial charge in [-0.15, -0.1) is 11.8 Å². The molecule has 2 rings (SSSR count). The molecule has 2 aromatic carbocycles. The number of carbonyl (C=O) groups excluding carboxylic acids is 2. The lowest BCUT2D eigenvalue weighted by atomic mass is 10.2. The van der Waals surface area contributed by atoms with Crippen LogP contribution in [0.15, 0.2) is 57.9 Å². The maximum atomic E-state index is 12.1. The van der Waals surface area contributed by atoms with Crippen LogP contribution in [-0.4, -0.2) is 24.2 Å². The summed E-state index contributed by atoms with van der Waals surface area (Å²) in [4.78, 5) is 24.6. The van der Waals surface area contributed by atoms with Crippen LogP contribution in [0.4, 0.5) is 8.78 Å². The largest absolute Gasteiger partial charge is 0.435 e. The number of alkyl halides is 2. The van der Waals surface area contributed by atoms with Gasteiger partial charge >= 0.3 is 6.61 Å². The number of amides is 2. The molecule has 0 aliphatic heterocycles. The minimum Gasteiger partial charge on any atom is -0.435 e. The number of carbonyl (C=O) groups is 2. The lowest BCUT2D eigenvalue weighted by molar-refractivity contribution is -0.117. The Balaban J connectivity index is 1.87. The van der Waals surface area contributed by atoms with Gasteiger partial charge in [-0.1, -0.05) is 12.1 Å². The van der Waals surface area contributed by atoms with Gasteiger partial charge in [-0.2, -0.15) is 8.78 Å². The van der Waals surface area contributed by atoms with E-state index in [-0.39, 0.29) is 17.1 Å². The number of ether oxygens (including phenoxy) is 1. The number of rotatable bonds is 6. The number of benzene rings is 2. The zero-order chi connectivity index (χ0) is 17.5. The molecule has 0 spiro atoms. The smallest absolute Gasteiger partial charge is 0.387 e.